The highest BCUT2D eigenvalue weighted by Crippen LogP contribution is 2.47. The zero-order chi connectivity index (χ0) is 27.5. The quantitative estimate of drug-likeness (QED) is 0.368. The Hall–Kier alpha value is -3.94. The summed E-state index contributed by atoms with van der Waals surface area (Å²) in [6, 6.07) is 17.9. The van der Waals surface area contributed by atoms with Crippen LogP contribution in [0.2, 0.25) is 0 Å². The lowest BCUT2D eigenvalue weighted by atomic mass is 9.75. The molecule has 3 N–H and O–H groups in total. The maximum Gasteiger partial charge on any atom is 0.234 e. The SMILES string of the molecule is CCc1ccc(NC(=O)CSc2nnc(N3C(N)=C(C#N)C(c4ccc(C)cc4)C4=C3CCCC4=O)s2)cc1. The highest BCUT2D eigenvalue weighted by Gasteiger charge is 2.41. The Labute approximate surface area is 235 Å². The number of ketones is 1. The number of nitrogens with two attached hydrogens (primary N) is 1. The van der Waals surface area contributed by atoms with E-state index in [2.05, 4.69) is 28.5 Å². The molecule has 1 aliphatic heterocycles. The molecule has 0 saturated carbocycles. The Balaban J connectivity index is 1.39. The van der Waals surface area contributed by atoms with Crippen molar-refractivity contribution in [2.45, 2.75) is 49.8 Å². The Morgan fingerprint density at radius 1 is 1.18 bits per heavy atom. The summed E-state index contributed by atoms with van der Waals surface area (Å²) in [5.74, 6) is -0.200. The van der Waals surface area contributed by atoms with Crippen LogP contribution in [-0.2, 0) is 16.0 Å². The van der Waals surface area contributed by atoms with Gasteiger partial charge in [0.05, 0.1) is 23.3 Å². The van der Waals surface area contributed by atoms with Crippen LogP contribution >= 0.6 is 23.1 Å². The molecular weight excluding hydrogens is 528 g/mol. The number of nitrogens with zero attached hydrogens (tertiary/aromatic N) is 4. The molecule has 10 heteroatoms. The number of nitrogens with one attached hydrogen (secondary N) is 1. The van der Waals surface area contributed by atoms with Crippen LogP contribution in [0.4, 0.5) is 10.8 Å². The summed E-state index contributed by atoms with van der Waals surface area (Å²) < 4.78 is 0.595. The summed E-state index contributed by atoms with van der Waals surface area (Å²) in [5, 5.41) is 22.1. The molecule has 2 aromatic carbocycles. The van der Waals surface area contributed by atoms with Gasteiger partial charge in [0.25, 0.3) is 0 Å². The molecule has 1 aromatic heterocycles. The number of allylic oxidation sites excluding steroid dienone is 3. The van der Waals surface area contributed by atoms with E-state index in [4.69, 9.17) is 5.73 Å². The van der Waals surface area contributed by atoms with Crippen molar-refractivity contribution in [3.63, 3.8) is 0 Å². The van der Waals surface area contributed by atoms with Crippen molar-refractivity contribution >= 4 is 45.6 Å². The van der Waals surface area contributed by atoms with Crippen molar-refractivity contribution in [2.24, 2.45) is 5.73 Å². The van der Waals surface area contributed by atoms with Gasteiger partial charge in [0, 0.05) is 23.4 Å². The Kier molecular flexibility index (Phi) is 7.82. The van der Waals surface area contributed by atoms with E-state index in [0.29, 0.717) is 39.9 Å². The number of benzene rings is 2. The highest BCUT2D eigenvalue weighted by atomic mass is 32.2. The van der Waals surface area contributed by atoms with E-state index < -0.39 is 5.92 Å². The molecule has 0 radical (unpaired) electrons. The first-order valence-corrected chi connectivity index (χ1v) is 14.6. The number of carbonyl (C=O) groups is 2. The van der Waals surface area contributed by atoms with Crippen molar-refractivity contribution in [2.75, 3.05) is 16.0 Å². The fourth-order valence-electron chi connectivity index (χ4n) is 4.90. The minimum atomic E-state index is -0.508. The van der Waals surface area contributed by atoms with Crippen molar-refractivity contribution in [1.29, 1.82) is 5.26 Å². The van der Waals surface area contributed by atoms with Crippen molar-refractivity contribution in [3.8, 4) is 6.07 Å². The molecular formula is C29H28N6O2S2. The van der Waals surface area contributed by atoms with Crippen LogP contribution in [0.25, 0.3) is 0 Å². The predicted molar refractivity (Wildman–Crippen MR) is 154 cm³/mol. The second kappa shape index (κ2) is 11.4. The van der Waals surface area contributed by atoms with Gasteiger partial charge in [-0.25, -0.2) is 0 Å². The van der Waals surface area contributed by atoms with E-state index in [1.165, 1.54) is 28.7 Å². The standard InChI is InChI=1S/C29H28N6O2S2/c1-3-18-9-13-20(14-10-18)32-24(37)16-38-29-34-33-28(39-29)35-22-5-4-6-23(36)26(22)25(21(15-30)27(35)31)19-11-7-17(2)8-12-19/h7-14,25H,3-6,16,31H2,1-2H3,(H,32,37). The van der Waals surface area contributed by atoms with E-state index in [9.17, 15) is 14.9 Å². The average molecular weight is 557 g/mol. The number of anilines is 2. The molecule has 0 fully saturated rings. The number of aromatic nitrogens is 2. The molecule has 1 aliphatic carbocycles. The first kappa shape index (κ1) is 26.7. The van der Waals surface area contributed by atoms with Crippen molar-refractivity contribution in [3.05, 3.63) is 87.9 Å². The Morgan fingerprint density at radius 2 is 1.92 bits per heavy atom. The van der Waals surface area contributed by atoms with E-state index >= 15 is 0 Å². The lowest BCUT2D eigenvalue weighted by molar-refractivity contribution is -0.116. The molecule has 1 atom stereocenters. The van der Waals surface area contributed by atoms with Gasteiger partial charge in [0.15, 0.2) is 10.1 Å². The van der Waals surface area contributed by atoms with Gasteiger partial charge in [-0.2, -0.15) is 5.26 Å². The number of aryl methyl sites for hydroxylation is 2. The molecule has 1 unspecified atom stereocenters. The summed E-state index contributed by atoms with van der Waals surface area (Å²) >= 11 is 2.56. The van der Waals surface area contributed by atoms with Gasteiger partial charge in [-0.1, -0.05) is 72.0 Å². The van der Waals surface area contributed by atoms with Gasteiger partial charge in [-0.15, -0.1) is 10.2 Å². The van der Waals surface area contributed by atoms with Crippen LogP contribution in [-0.4, -0.2) is 27.6 Å². The van der Waals surface area contributed by atoms with Crippen LogP contribution in [0.5, 0.6) is 0 Å². The Morgan fingerprint density at radius 3 is 2.62 bits per heavy atom. The number of thioether (sulfide) groups is 1. The van der Waals surface area contributed by atoms with Gasteiger partial charge in [-0.3, -0.25) is 14.5 Å². The molecule has 1 amide bonds. The number of rotatable bonds is 7. The maximum absolute atomic E-state index is 13.3. The summed E-state index contributed by atoms with van der Waals surface area (Å²) in [7, 11) is 0. The van der Waals surface area contributed by atoms with Crippen LogP contribution in [0, 0.1) is 18.3 Å². The van der Waals surface area contributed by atoms with Crippen LogP contribution in [0.3, 0.4) is 0 Å². The first-order valence-electron chi connectivity index (χ1n) is 12.8. The number of hydrogen-bond donors (Lipinski definition) is 2. The number of amides is 1. The van der Waals surface area contributed by atoms with E-state index in [0.717, 1.165) is 28.9 Å². The fraction of sp³-hybridized carbons (Fsp3) is 0.276. The molecule has 0 spiro atoms. The minimum absolute atomic E-state index is 0.0230. The van der Waals surface area contributed by atoms with Crippen LogP contribution in [0.15, 0.2) is 75.5 Å². The highest BCUT2D eigenvalue weighted by molar-refractivity contribution is 8.01. The number of hydrogen-bond acceptors (Lipinski definition) is 9. The van der Waals surface area contributed by atoms with Gasteiger partial charge in [0.2, 0.25) is 11.0 Å². The van der Waals surface area contributed by atoms with E-state index in [1.807, 2.05) is 55.5 Å². The fourth-order valence-corrected chi connectivity index (χ4v) is 6.58. The number of carbonyl (C=O) groups excluding carboxylic acids is 2. The third kappa shape index (κ3) is 5.46. The van der Waals surface area contributed by atoms with E-state index in [-0.39, 0.29) is 23.3 Å². The molecule has 3 aromatic rings. The van der Waals surface area contributed by atoms with Crippen LogP contribution < -0.4 is 16.0 Å². The summed E-state index contributed by atoms with van der Waals surface area (Å²) in [6.45, 7) is 4.08. The third-order valence-corrected chi connectivity index (χ3v) is 8.93. The molecule has 39 heavy (non-hydrogen) atoms. The van der Waals surface area contributed by atoms with Crippen molar-refractivity contribution < 1.29 is 9.59 Å². The summed E-state index contributed by atoms with van der Waals surface area (Å²) in [6.07, 6.45) is 2.71. The van der Waals surface area contributed by atoms with Crippen LogP contribution in [0.1, 0.15) is 48.8 Å². The smallest absolute Gasteiger partial charge is 0.234 e. The monoisotopic (exact) mass is 556 g/mol. The zero-order valence-electron chi connectivity index (χ0n) is 21.7. The van der Waals surface area contributed by atoms with Gasteiger partial charge < -0.3 is 11.1 Å². The molecule has 2 aliphatic rings. The topological polar surface area (TPSA) is 125 Å². The van der Waals surface area contributed by atoms with Crippen molar-refractivity contribution in [1.82, 2.24) is 10.2 Å². The number of nitriles is 1. The number of Topliss-reactive ketones (excluding diaryl/α,β-unsaturated/α-hetero) is 1. The van der Waals surface area contributed by atoms with Gasteiger partial charge in [0.1, 0.15) is 5.82 Å². The third-order valence-electron chi connectivity index (χ3n) is 6.88. The summed E-state index contributed by atoms with van der Waals surface area (Å²) in [4.78, 5) is 27.5. The molecule has 5 rings (SSSR count). The molecule has 198 valence electrons. The first-order chi connectivity index (χ1) is 18.9. The van der Waals surface area contributed by atoms with Gasteiger partial charge in [-0.05, 0) is 49.4 Å². The zero-order valence-corrected chi connectivity index (χ0v) is 23.4. The average Bonchev–Trinajstić information content (AvgIpc) is 3.41. The molecule has 0 bridgehead atoms. The molecule has 0 saturated heterocycles. The predicted octanol–water partition coefficient (Wildman–Crippen LogP) is 5.44. The lowest BCUT2D eigenvalue weighted by Gasteiger charge is -2.38. The van der Waals surface area contributed by atoms with E-state index in [1.54, 1.807) is 4.90 Å². The Bertz CT molecular complexity index is 1520. The lowest BCUT2D eigenvalue weighted by Crippen LogP contribution is -2.38. The minimum Gasteiger partial charge on any atom is -0.384 e. The second-order valence-electron chi connectivity index (χ2n) is 9.46. The second-order valence-corrected chi connectivity index (χ2v) is 11.6. The largest absolute Gasteiger partial charge is 0.384 e. The molecule has 8 nitrogen and oxygen atoms in total. The maximum atomic E-state index is 13.3. The molecule has 2 heterocycles. The van der Waals surface area contributed by atoms with Gasteiger partial charge >= 0.3 is 0 Å². The normalized spacial score (nSPS) is 17.2. The summed E-state index contributed by atoms with van der Waals surface area (Å²) in [5.41, 5.74) is 12.2.